The molecule has 1 aromatic rings. The Labute approximate surface area is 162 Å². The number of ketones is 2. The summed E-state index contributed by atoms with van der Waals surface area (Å²) in [4.78, 5) is 59.8. The lowest BCUT2D eigenvalue weighted by atomic mass is 9.73. The molecule has 0 aliphatic rings. The number of nitrogens with zero attached hydrogens (tertiary/aromatic N) is 1. The van der Waals surface area contributed by atoms with E-state index in [1.165, 1.54) is 24.3 Å². The highest BCUT2D eigenvalue weighted by Crippen LogP contribution is 2.36. The maximum atomic E-state index is 12.5. The highest BCUT2D eigenvalue weighted by atomic mass is 16.6. The third-order valence-electron chi connectivity index (χ3n) is 4.16. The van der Waals surface area contributed by atoms with Crippen molar-refractivity contribution in [3.8, 4) is 0 Å². The number of esters is 2. The van der Waals surface area contributed by atoms with E-state index in [-0.39, 0.29) is 24.5 Å². The largest absolute Gasteiger partial charge is 0.465 e. The second kappa shape index (κ2) is 10.3. The Morgan fingerprint density at radius 1 is 0.893 bits per heavy atom. The molecule has 0 saturated heterocycles. The van der Waals surface area contributed by atoms with Crippen molar-refractivity contribution in [1.29, 1.82) is 0 Å². The van der Waals surface area contributed by atoms with Gasteiger partial charge in [0.1, 0.15) is 23.4 Å². The number of non-ortho nitro benzene ring substituents is 1. The number of ether oxygens (including phenoxy) is 2. The van der Waals surface area contributed by atoms with E-state index >= 15 is 0 Å². The molecule has 9 nitrogen and oxygen atoms in total. The molecule has 0 unspecified atom stereocenters. The maximum Gasteiger partial charge on any atom is 0.317 e. The number of rotatable bonds is 10. The smallest absolute Gasteiger partial charge is 0.317 e. The normalized spacial score (nSPS) is 12.8. The molecule has 1 aromatic carbocycles. The highest BCUT2D eigenvalue weighted by Gasteiger charge is 2.45. The number of hydrogen-bond donors (Lipinski definition) is 0. The standard InChI is InChI=1S/C19H23NO8/c1-5-27-18(23)15(11(3)21)17(16(12(4)22)19(24)28-6-2)13-7-9-14(10-8-13)20(25)26/h7-10,15-17H,5-6H2,1-4H3/t15-,16-/m0/s1. The number of nitro groups is 1. The first-order chi connectivity index (χ1) is 13.1. The van der Waals surface area contributed by atoms with Crippen LogP contribution in [0.25, 0.3) is 0 Å². The average molecular weight is 393 g/mol. The van der Waals surface area contributed by atoms with Gasteiger partial charge in [-0.2, -0.15) is 0 Å². The number of benzene rings is 1. The molecule has 0 aliphatic carbocycles. The second-order valence-corrected chi connectivity index (χ2v) is 6.06. The molecule has 0 radical (unpaired) electrons. The summed E-state index contributed by atoms with van der Waals surface area (Å²) in [6.07, 6.45) is 0. The van der Waals surface area contributed by atoms with E-state index in [0.29, 0.717) is 0 Å². The van der Waals surface area contributed by atoms with Crippen LogP contribution in [0.4, 0.5) is 5.69 Å². The summed E-state index contributed by atoms with van der Waals surface area (Å²) >= 11 is 0. The van der Waals surface area contributed by atoms with Gasteiger partial charge in [-0.05, 0) is 33.3 Å². The van der Waals surface area contributed by atoms with E-state index in [4.69, 9.17) is 9.47 Å². The zero-order valence-electron chi connectivity index (χ0n) is 16.2. The van der Waals surface area contributed by atoms with Crippen molar-refractivity contribution in [3.63, 3.8) is 0 Å². The first-order valence-corrected chi connectivity index (χ1v) is 8.74. The molecule has 2 atom stereocenters. The molecule has 152 valence electrons. The van der Waals surface area contributed by atoms with Crippen molar-refractivity contribution in [3.05, 3.63) is 39.9 Å². The van der Waals surface area contributed by atoms with Crippen LogP contribution in [0.15, 0.2) is 24.3 Å². The van der Waals surface area contributed by atoms with Crippen LogP contribution >= 0.6 is 0 Å². The topological polar surface area (TPSA) is 130 Å². The third kappa shape index (κ3) is 5.45. The maximum absolute atomic E-state index is 12.5. The molecular weight excluding hydrogens is 370 g/mol. The second-order valence-electron chi connectivity index (χ2n) is 6.06. The molecule has 0 fully saturated rings. The van der Waals surface area contributed by atoms with Crippen molar-refractivity contribution in [2.45, 2.75) is 33.6 Å². The third-order valence-corrected chi connectivity index (χ3v) is 4.16. The van der Waals surface area contributed by atoms with E-state index < -0.39 is 46.2 Å². The van der Waals surface area contributed by atoms with E-state index in [9.17, 15) is 29.3 Å². The molecule has 0 saturated carbocycles. The molecule has 0 aliphatic heterocycles. The van der Waals surface area contributed by atoms with Gasteiger partial charge in [-0.1, -0.05) is 12.1 Å². The van der Waals surface area contributed by atoms with Crippen LogP contribution in [0, 0.1) is 22.0 Å². The molecule has 28 heavy (non-hydrogen) atoms. The van der Waals surface area contributed by atoms with Gasteiger partial charge in [0.25, 0.3) is 5.69 Å². The predicted octanol–water partition coefficient (Wildman–Crippen LogP) is 2.21. The minimum atomic E-state index is -1.44. The van der Waals surface area contributed by atoms with Gasteiger partial charge in [-0.25, -0.2) is 0 Å². The van der Waals surface area contributed by atoms with E-state index in [1.807, 2.05) is 0 Å². The minimum Gasteiger partial charge on any atom is -0.465 e. The van der Waals surface area contributed by atoms with Gasteiger partial charge in [0, 0.05) is 18.1 Å². The van der Waals surface area contributed by atoms with Gasteiger partial charge in [0.15, 0.2) is 0 Å². The van der Waals surface area contributed by atoms with Gasteiger partial charge >= 0.3 is 11.9 Å². The van der Waals surface area contributed by atoms with Gasteiger partial charge in [-0.15, -0.1) is 0 Å². The number of nitro benzene ring substituents is 1. The monoisotopic (exact) mass is 393 g/mol. The van der Waals surface area contributed by atoms with Crippen LogP contribution in [-0.2, 0) is 28.7 Å². The Morgan fingerprint density at radius 2 is 1.29 bits per heavy atom. The van der Waals surface area contributed by atoms with Gasteiger partial charge < -0.3 is 9.47 Å². The molecule has 0 aromatic heterocycles. The zero-order valence-corrected chi connectivity index (χ0v) is 16.2. The number of carbonyl (C=O) groups excluding carboxylic acids is 4. The molecule has 0 bridgehead atoms. The summed E-state index contributed by atoms with van der Waals surface area (Å²) in [5.74, 6) is -7.06. The Kier molecular flexibility index (Phi) is 8.43. The van der Waals surface area contributed by atoms with Gasteiger partial charge in [0.2, 0.25) is 0 Å². The van der Waals surface area contributed by atoms with Crippen molar-refractivity contribution in [2.24, 2.45) is 11.8 Å². The SMILES string of the molecule is CCOC(=O)[C@@H](C(C)=O)C(c1ccc([N+](=O)[O-])cc1)[C@H](C(C)=O)C(=O)OCC. The van der Waals surface area contributed by atoms with E-state index in [1.54, 1.807) is 13.8 Å². The fourth-order valence-corrected chi connectivity index (χ4v) is 2.99. The minimum absolute atomic E-state index is 0.000259. The van der Waals surface area contributed by atoms with Crippen molar-refractivity contribution < 1.29 is 33.6 Å². The summed E-state index contributed by atoms with van der Waals surface area (Å²) in [6.45, 7) is 5.43. The Morgan fingerprint density at radius 3 is 1.57 bits per heavy atom. The Bertz CT molecular complexity index is 720. The summed E-state index contributed by atoms with van der Waals surface area (Å²) in [5, 5.41) is 10.9. The average Bonchev–Trinajstić information content (AvgIpc) is 2.61. The van der Waals surface area contributed by atoms with Crippen LogP contribution < -0.4 is 0 Å². The lowest BCUT2D eigenvalue weighted by Gasteiger charge is -2.29. The summed E-state index contributed by atoms with van der Waals surface area (Å²) in [7, 11) is 0. The Hall–Kier alpha value is -3.10. The molecule has 0 heterocycles. The van der Waals surface area contributed by atoms with Crippen LogP contribution in [0.5, 0.6) is 0 Å². The molecular formula is C19H23NO8. The molecule has 1 rings (SSSR count). The van der Waals surface area contributed by atoms with Crippen molar-refractivity contribution >= 4 is 29.2 Å². The molecule has 0 amide bonds. The van der Waals surface area contributed by atoms with Crippen LogP contribution in [0.1, 0.15) is 39.2 Å². The van der Waals surface area contributed by atoms with Crippen LogP contribution in [-0.4, -0.2) is 41.6 Å². The number of Topliss-reactive ketones (excluding diaryl/α,β-unsaturated/α-hetero) is 2. The highest BCUT2D eigenvalue weighted by molar-refractivity contribution is 6.04. The zero-order chi connectivity index (χ0) is 21.4. The van der Waals surface area contributed by atoms with E-state index in [2.05, 4.69) is 0 Å². The fraction of sp³-hybridized carbons (Fsp3) is 0.474. The molecule has 0 spiro atoms. The predicted molar refractivity (Wildman–Crippen MR) is 97.4 cm³/mol. The quantitative estimate of drug-likeness (QED) is 0.256. The van der Waals surface area contributed by atoms with E-state index in [0.717, 1.165) is 13.8 Å². The number of hydrogen-bond acceptors (Lipinski definition) is 8. The van der Waals surface area contributed by atoms with Gasteiger partial charge in [-0.3, -0.25) is 29.3 Å². The van der Waals surface area contributed by atoms with Crippen molar-refractivity contribution in [2.75, 3.05) is 13.2 Å². The first-order valence-electron chi connectivity index (χ1n) is 8.74. The summed E-state index contributed by atoms with van der Waals surface area (Å²) in [5.41, 5.74) is 0.0284. The van der Waals surface area contributed by atoms with Crippen LogP contribution in [0.2, 0.25) is 0 Å². The van der Waals surface area contributed by atoms with Crippen LogP contribution in [0.3, 0.4) is 0 Å². The summed E-state index contributed by atoms with van der Waals surface area (Å²) < 4.78 is 9.94. The number of carbonyl (C=O) groups is 4. The van der Waals surface area contributed by atoms with Crippen molar-refractivity contribution in [1.82, 2.24) is 0 Å². The summed E-state index contributed by atoms with van der Waals surface area (Å²) in [6, 6.07) is 4.97. The molecule has 9 heteroatoms. The molecule has 0 N–H and O–H groups in total. The van der Waals surface area contributed by atoms with Gasteiger partial charge in [0.05, 0.1) is 18.1 Å². The Balaban J connectivity index is 3.60. The first kappa shape index (κ1) is 22.9. The fourth-order valence-electron chi connectivity index (χ4n) is 2.99. The lowest BCUT2D eigenvalue weighted by Crippen LogP contribution is -2.40. The lowest BCUT2D eigenvalue weighted by molar-refractivity contribution is -0.384.